The number of nitriles is 1. The minimum atomic E-state index is -0.307. The van der Waals surface area contributed by atoms with E-state index in [1.54, 1.807) is 6.07 Å². The molecule has 1 heterocycles. The zero-order valence-electron chi connectivity index (χ0n) is 9.98. The predicted octanol–water partition coefficient (Wildman–Crippen LogP) is 2.57. The molecule has 0 radical (unpaired) electrons. The Hall–Kier alpha value is -1.76. The molecule has 1 unspecified atom stereocenters. The van der Waals surface area contributed by atoms with E-state index in [2.05, 4.69) is 19.9 Å². The number of halogens is 1. The zero-order chi connectivity index (χ0) is 12.4. The van der Waals surface area contributed by atoms with Gasteiger partial charge in [-0.25, -0.2) is 4.39 Å². The predicted molar refractivity (Wildman–Crippen MR) is 63.5 cm³/mol. The summed E-state index contributed by atoms with van der Waals surface area (Å²) >= 11 is 0. The van der Waals surface area contributed by atoms with Gasteiger partial charge < -0.3 is 9.64 Å². The van der Waals surface area contributed by atoms with Gasteiger partial charge in [0.2, 0.25) is 0 Å². The number of nitrogens with zero attached hydrogens (tertiary/aromatic N) is 2. The lowest BCUT2D eigenvalue weighted by Gasteiger charge is -2.36. The first kappa shape index (κ1) is 11.7. The van der Waals surface area contributed by atoms with Crippen molar-refractivity contribution in [1.82, 2.24) is 0 Å². The maximum absolute atomic E-state index is 13.2. The van der Waals surface area contributed by atoms with Crippen LogP contribution in [0, 0.1) is 23.1 Å². The van der Waals surface area contributed by atoms with E-state index in [0.717, 1.165) is 0 Å². The smallest absolute Gasteiger partial charge is 0.143 e. The molecule has 1 atom stereocenters. The topological polar surface area (TPSA) is 36.3 Å². The molecule has 4 heteroatoms. The second kappa shape index (κ2) is 4.62. The van der Waals surface area contributed by atoms with Crippen molar-refractivity contribution in [3.63, 3.8) is 0 Å². The van der Waals surface area contributed by atoms with Gasteiger partial charge in [0.05, 0.1) is 18.3 Å². The van der Waals surface area contributed by atoms with Crippen LogP contribution in [0.15, 0.2) is 18.2 Å². The van der Waals surface area contributed by atoms with Crippen LogP contribution in [0.25, 0.3) is 0 Å². The van der Waals surface area contributed by atoms with E-state index in [1.165, 1.54) is 12.1 Å². The van der Waals surface area contributed by atoms with Crippen molar-refractivity contribution in [3.8, 4) is 11.8 Å². The number of benzene rings is 1. The largest absolute Gasteiger partial charge is 0.486 e. The fraction of sp³-hybridized carbons (Fsp3) is 0.462. The molecular weight excluding hydrogens is 219 g/mol. The van der Waals surface area contributed by atoms with Crippen LogP contribution in [0.4, 0.5) is 10.1 Å². The van der Waals surface area contributed by atoms with Crippen LogP contribution in [0.3, 0.4) is 0 Å². The quantitative estimate of drug-likeness (QED) is 0.738. The monoisotopic (exact) mass is 234 g/mol. The summed E-state index contributed by atoms with van der Waals surface area (Å²) in [7, 11) is 0. The molecule has 1 aliphatic heterocycles. The molecule has 0 saturated heterocycles. The normalized spacial score (nSPS) is 18.5. The van der Waals surface area contributed by atoms with Crippen LogP contribution in [0.1, 0.15) is 13.8 Å². The molecule has 17 heavy (non-hydrogen) atoms. The van der Waals surface area contributed by atoms with Crippen molar-refractivity contribution in [2.75, 3.05) is 18.0 Å². The minimum absolute atomic E-state index is 0.0429. The Balaban J connectivity index is 2.35. The van der Waals surface area contributed by atoms with Crippen LogP contribution in [-0.2, 0) is 0 Å². The molecule has 0 saturated carbocycles. The van der Waals surface area contributed by atoms with Gasteiger partial charge in [-0.15, -0.1) is 0 Å². The Morgan fingerprint density at radius 2 is 2.35 bits per heavy atom. The highest BCUT2D eigenvalue weighted by Gasteiger charge is 2.27. The highest BCUT2D eigenvalue weighted by molar-refractivity contribution is 5.60. The molecule has 0 amide bonds. The standard InChI is InChI=1S/C13H15FN2O/c1-9(2)13-8-16(6-5-15)11-7-10(14)3-4-12(11)17-13/h3-4,7,9,13H,6,8H2,1-2H3. The van der Waals surface area contributed by atoms with Crippen LogP contribution in [-0.4, -0.2) is 19.2 Å². The van der Waals surface area contributed by atoms with E-state index < -0.39 is 0 Å². The number of fused-ring (bicyclic) bond motifs is 1. The van der Waals surface area contributed by atoms with Gasteiger partial charge in [0.1, 0.15) is 24.2 Å². The molecule has 0 bridgehead atoms. The lowest BCUT2D eigenvalue weighted by Crippen LogP contribution is -2.43. The summed E-state index contributed by atoms with van der Waals surface area (Å²) in [5, 5.41) is 8.81. The molecular formula is C13H15FN2O. The third-order valence-corrected chi connectivity index (χ3v) is 2.95. The number of hydrogen-bond donors (Lipinski definition) is 0. The van der Waals surface area contributed by atoms with Gasteiger partial charge in [0.25, 0.3) is 0 Å². The molecule has 90 valence electrons. The first-order valence-corrected chi connectivity index (χ1v) is 5.70. The van der Waals surface area contributed by atoms with Gasteiger partial charge in [-0.05, 0) is 18.1 Å². The first-order valence-electron chi connectivity index (χ1n) is 5.70. The van der Waals surface area contributed by atoms with Gasteiger partial charge in [0, 0.05) is 6.07 Å². The summed E-state index contributed by atoms with van der Waals surface area (Å²) in [4.78, 5) is 1.87. The molecule has 0 aromatic heterocycles. The average molecular weight is 234 g/mol. The Bertz CT molecular complexity index is 453. The summed E-state index contributed by atoms with van der Waals surface area (Å²) < 4.78 is 19.0. The molecule has 0 fully saturated rings. The van der Waals surface area contributed by atoms with Crippen LogP contribution < -0.4 is 9.64 Å². The van der Waals surface area contributed by atoms with Crippen LogP contribution >= 0.6 is 0 Å². The lowest BCUT2D eigenvalue weighted by atomic mass is 10.0. The molecule has 0 N–H and O–H groups in total. The summed E-state index contributed by atoms with van der Waals surface area (Å²) in [5.74, 6) is 0.708. The minimum Gasteiger partial charge on any atom is -0.486 e. The van der Waals surface area contributed by atoms with E-state index in [1.807, 2.05) is 4.90 Å². The third-order valence-electron chi connectivity index (χ3n) is 2.95. The van der Waals surface area contributed by atoms with E-state index in [-0.39, 0.29) is 18.5 Å². The highest BCUT2D eigenvalue weighted by Crippen LogP contribution is 2.35. The Morgan fingerprint density at radius 1 is 1.59 bits per heavy atom. The molecule has 1 aromatic rings. The second-order valence-electron chi connectivity index (χ2n) is 4.55. The second-order valence-corrected chi connectivity index (χ2v) is 4.55. The molecule has 1 aliphatic rings. The van der Waals surface area contributed by atoms with Crippen LogP contribution in [0.2, 0.25) is 0 Å². The van der Waals surface area contributed by atoms with Gasteiger partial charge >= 0.3 is 0 Å². The summed E-state index contributed by atoms with van der Waals surface area (Å²) in [6, 6.07) is 6.53. The Morgan fingerprint density at radius 3 is 3.00 bits per heavy atom. The number of rotatable bonds is 2. The maximum Gasteiger partial charge on any atom is 0.143 e. The van der Waals surface area contributed by atoms with Gasteiger partial charge in [-0.3, -0.25) is 0 Å². The van der Waals surface area contributed by atoms with Crippen molar-refractivity contribution in [2.45, 2.75) is 20.0 Å². The van der Waals surface area contributed by atoms with E-state index >= 15 is 0 Å². The van der Waals surface area contributed by atoms with E-state index in [0.29, 0.717) is 23.9 Å². The Kier molecular flexibility index (Phi) is 3.19. The lowest BCUT2D eigenvalue weighted by molar-refractivity contribution is 0.146. The van der Waals surface area contributed by atoms with Crippen LogP contribution in [0.5, 0.6) is 5.75 Å². The van der Waals surface area contributed by atoms with Gasteiger partial charge in [0.15, 0.2) is 0 Å². The van der Waals surface area contributed by atoms with Gasteiger partial charge in [-0.1, -0.05) is 13.8 Å². The number of anilines is 1. The van der Waals surface area contributed by atoms with E-state index in [9.17, 15) is 4.39 Å². The SMILES string of the molecule is CC(C)C1CN(CC#N)c2cc(F)ccc2O1. The number of hydrogen-bond acceptors (Lipinski definition) is 3. The Labute approximate surface area is 100 Å². The van der Waals surface area contributed by atoms with Crippen molar-refractivity contribution < 1.29 is 9.13 Å². The molecule has 3 nitrogen and oxygen atoms in total. The maximum atomic E-state index is 13.2. The molecule has 0 spiro atoms. The zero-order valence-corrected chi connectivity index (χ0v) is 9.98. The molecule has 2 rings (SSSR count). The first-order chi connectivity index (χ1) is 8.11. The molecule has 1 aromatic carbocycles. The summed E-state index contributed by atoms with van der Waals surface area (Å²) in [6.45, 7) is 5.03. The summed E-state index contributed by atoms with van der Waals surface area (Å²) in [6.07, 6.45) is 0.0429. The van der Waals surface area contributed by atoms with Crippen molar-refractivity contribution in [3.05, 3.63) is 24.0 Å². The highest BCUT2D eigenvalue weighted by atomic mass is 19.1. The fourth-order valence-electron chi connectivity index (χ4n) is 1.94. The summed E-state index contributed by atoms with van der Waals surface area (Å²) in [5.41, 5.74) is 0.670. The van der Waals surface area contributed by atoms with Crippen molar-refractivity contribution >= 4 is 5.69 Å². The van der Waals surface area contributed by atoms with Crippen molar-refractivity contribution in [1.29, 1.82) is 5.26 Å². The average Bonchev–Trinajstić information content (AvgIpc) is 2.29. The van der Waals surface area contributed by atoms with Gasteiger partial charge in [-0.2, -0.15) is 5.26 Å². The third kappa shape index (κ3) is 2.33. The number of ether oxygens (including phenoxy) is 1. The van der Waals surface area contributed by atoms with E-state index in [4.69, 9.17) is 10.00 Å². The van der Waals surface area contributed by atoms with Crippen molar-refractivity contribution in [2.24, 2.45) is 5.92 Å². The fourth-order valence-corrected chi connectivity index (χ4v) is 1.94. The molecule has 0 aliphatic carbocycles.